The number of carbonyl (C=O) groups is 2. The van der Waals surface area contributed by atoms with Crippen molar-refractivity contribution in [1.82, 2.24) is 10.2 Å². The monoisotopic (exact) mass is 509 g/mol. The van der Waals surface area contributed by atoms with Crippen molar-refractivity contribution in [3.8, 4) is 5.75 Å². The molecular formula is C24H32ClN3O5S. The summed E-state index contributed by atoms with van der Waals surface area (Å²) in [5.41, 5.74) is 1.10. The summed E-state index contributed by atoms with van der Waals surface area (Å²) < 4.78 is 31.3. The van der Waals surface area contributed by atoms with Gasteiger partial charge in [-0.3, -0.25) is 13.9 Å². The minimum absolute atomic E-state index is 0.133. The number of rotatable bonds is 12. The fourth-order valence-corrected chi connectivity index (χ4v) is 4.41. The molecule has 0 bridgehead atoms. The Hall–Kier alpha value is -2.78. The summed E-state index contributed by atoms with van der Waals surface area (Å²) in [6.45, 7) is 3.93. The second-order valence-corrected chi connectivity index (χ2v) is 10.2. The van der Waals surface area contributed by atoms with Crippen LogP contribution in [0.25, 0.3) is 0 Å². The first-order chi connectivity index (χ1) is 16.1. The van der Waals surface area contributed by atoms with Crippen LogP contribution in [0.15, 0.2) is 48.5 Å². The molecule has 2 aromatic carbocycles. The van der Waals surface area contributed by atoms with Gasteiger partial charge in [-0.15, -0.1) is 0 Å². The van der Waals surface area contributed by atoms with Gasteiger partial charge in [-0.05, 0) is 54.8 Å². The summed E-state index contributed by atoms with van der Waals surface area (Å²) in [6, 6.07) is 12.6. The lowest BCUT2D eigenvalue weighted by molar-refractivity contribution is -0.140. The van der Waals surface area contributed by atoms with E-state index in [1.807, 2.05) is 13.8 Å². The van der Waals surface area contributed by atoms with E-state index < -0.39 is 28.5 Å². The molecule has 0 saturated carbocycles. The van der Waals surface area contributed by atoms with Crippen molar-refractivity contribution in [2.24, 2.45) is 0 Å². The molecule has 2 rings (SSSR count). The van der Waals surface area contributed by atoms with Crippen LogP contribution in [-0.2, 0) is 26.2 Å². The first kappa shape index (κ1) is 27.5. The Kier molecular flexibility index (Phi) is 10.2. The molecule has 34 heavy (non-hydrogen) atoms. The van der Waals surface area contributed by atoms with Crippen molar-refractivity contribution >= 4 is 39.1 Å². The number of nitrogens with one attached hydrogen (secondary N) is 1. The molecule has 0 aliphatic rings. The molecule has 0 aliphatic heterocycles. The molecule has 1 N–H and O–H groups in total. The van der Waals surface area contributed by atoms with E-state index in [0.717, 1.165) is 22.5 Å². The molecule has 2 aromatic rings. The molecule has 0 spiro atoms. The van der Waals surface area contributed by atoms with Crippen LogP contribution in [0.3, 0.4) is 0 Å². The van der Waals surface area contributed by atoms with Gasteiger partial charge in [0.15, 0.2) is 0 Å². The number of hydrogen-bond donors (Lipinski definition) is 1. The standard InChI is InChI=1S/C24H32ClN3O5S/c1-5-15-26-24(30)22(6-2)27(16-18-7-9-19(25)10-8-18)23(29)17-28(34(4,31)32)20-11-13-21(33-3)14-12-20/h7-14,22H,5-6,15-17H2,1-4H3,(H,26,30). The fourth-order valence-electron chi connectivity index (χ4n) is 3.43. The molecule has 0 heterocycles. The number of hydrogen-bond acceptors (Lipinski definition) is 5. The highest BCUT2D eigenvalue weighted by Crippen LogP contribution is 2.23. The summed E-state index contributed by atoms with van der Waals surface area (Å²) in [5.74, 6) is -0.205. The third-order valence-corrected chi connectivity index (χ3v) is 6.63. The Morgan fingerprint density at radius 1 is 1.06 bits per heavy atom. The highest BCUT2D eigenvalue weighted by atomic mass is 35.5. The third-order valence-electron chi connectivity index (χ3n) is 5.24. The molecule has 186 valence electrons. The molecule has 0 fully saturated rings. The van der Waals surface area contributed by atoms with E-state index in [-0.39, 0.29) is 12.5 Å². The van der Waals surface area contributed by atoms with Gasteiger partial charge in [0.1, 0.15) is 18.3 Å². The van der Waals surface area contributed by atoms with Crippen LogP contribution < -0.4 is 14.4 Å². The first-order valence-corrected chi connectivity index (χ1v) is 13.3. The number of anilines is 1. The first-order valence-electron chi connectivity index (χ1n) is 11.0. The van der Waals surface area contributed by atoms with Crippen LogP contribution in [0, 0.1) is 0 Å². The predicted octanol–water partition coefficient (Wildman–Crippen LogP) is 3.45. The Labute approximate surface area is 206 Å². The van der Waals surface area contributed by atoms with E-state index in [1.54, 1.807) is 48.5 Å². The van der Waals surface area contributed by atoms with E-state index in [0.29, 0.717) is 29.4 Å². The SMILES string of the molecule is CCCNC(=O)C(CC)N(Cc1ccc(Cl)cc1)C(=O)CN(c1ccc(OC)cc1)S(C)(=O)=O. The van der Waals surface area contributed by atoms with Crippen molar-refractivity contribution in [1.29, 1.82) is 0 Å². The molecule has 0 radical (unpaired) electrons. The zero-order valence-corrected chi connectivity index (χ0v) is 21.5. The van der Waals surface area contributed by atoms with E-state index in [4.69, 9.17) is 16.3 Å². The van der Waals surface area contributed by atoms with Gasteiger partial charge in [0.25, 0.3) is 0 Å². The molecule has 10 heteroatoms. The van der Waals surface area contributed by atoms with Crippen LogP contribution in [0.2, 0.25) is 5.02 Å². The summed E-state index contributed by atoms with van der Waals surface area (Å²) in [4.78, 5) is 27.8. The van der Waals surface area contributed by atoms with Gasteiger partial charge in [0.05, 0.1) is 19.1 Å². The van der Waals surface area contributed by atoms with Crippen LogP contribution in [0.1, 0.15) is 32.3 Å². The van der Waals surface area contributed by atoms with E-state index >= 15 is 0 Å². The number of carbonyl (C=O) groups excluding carboxylic acids is 2. The summed E-state index contributed by atoms with van der Waals surface area (Å²) in [6.07, 6.45) is 2.17. The van der Waals surface area contributed by atoms with Crippen LogP contribution in [-0.4, -0.2) is 57.6 Å². The highest BCUT2D eigenvalue weighted by Gasteiger charge is 2.31. The molecular weight excluding hydrogens is 478 g/mol. The van der Waals surface area contributed by atoms with E-state index in [2.05, 4.69) is 5.32 Å². The molecule has 0 aromatic heterocycles. The zero-order chi connectivity index (χ0) is 25.3. The second kappa shape index (κ2) is 12.6. The second-order valence-electron chi connectivity index (χ2n) is 7.83. The third kappa shape index (κ3) is 7.63. The highest BCUT2D eigenvalue weighted by molar-refractivity contribution is 7.92. The number of halogens is 1. The molecule has 0 saturated heterocycles. The van der Waals surface area contributed by atoms with Crippen LogP contribution in [0.5, 0.6) is 5.75 Å². The quantitative estimate of drug-likeness (QED) is 0.472. The maximum absolute atomic E-state index is 13.5. The van der Waals surface area contributed by atoms with Gasteiger partial charge in [-0.2, -0.15) is 0 Å². The van der Waals surface area contributed by atoms with Gasteiger partial charge in [-0.1, -0.05) is 37.6 Å². The zero-order valence-electron chi connectivity index (χ0n) is 20.0. The van der Waals surface area contributed by atoms with E-state index in [9.17, 15) is 18.0 Å². The summed E-state index contributed by atoms with van der Waals surface area (Å²) in [5, 5.41) is 3.39. The Bertz CT molecular complexity index is 1060. The Morgan fingerprint density at radius 2 is 1.68 bits per heavy atom. The van der Waals surface area contributed by atoms with Crippen molar-refractivity contribution in [3.05, 3.63) is 59.1 Å². The van der Waals surface area contributed by atoms with Crippen LogP contribution in [0.4, 0.5) is 5.69 Å². The van der Waals surface area contributed by atoms with Crippen molar-refractivity contribution in [3.63, 3.8) is 0 Å². The maximum Gasteiger partial charge on any atom is 0.244 e. The number of ether oxygens (including phenoxy) is 1. The van der Waals surface area contributed by atoms with Gasteiger partial charge in [-0.25, -0.2) is 8.42 Å². The van der Waals surface area contributed by atoms with E-state index in [1.165, 1.54) is 12.0 Å². The molecule has 0 aliphatic carbocycles. The van der Waals surface area contributed by atoms with Gasteiger partial charge in [0, 0.05) is 18.1 Å². The lowest BCUT2D eigenvalue weighted by Crippen LogP contribution is -2.52. The van der Waals surface area contributed by atoms with Crippen molar-refractivity contribution < 1.29 is 22.7 Å². The predicted molar refractivity (Wildman–Crippen MR) is 135 cm³/mol. The maximum atomic E-state index is 13.5. The smallest absolute Gasteiger partial charge is 0.244 e. The van der Waals surface area contributed by atoms with Gasteiger partial charge < -0.3 is 15.0 Å². The Balaban J connectivity index is 2.40. The summed E-state index contributed by atoms with van der Waals surface area (Å²) in [7, 11) is -2.27. The van der Waals surface area contributed by atoms with Gasteiger partial charge >= 0.3 is 0 Å². The number of nitrogens with zero attached hydrogens (tertiary/aromatic N) is 2. The average Bonchev–Trinajstić information content (AvgIpc) is 2.81. The number of amides is 2. The minimum Gasteiger partial charge on any atom is -0.497 e. The number of sulfonamides is 1. The Morgan fingerprint density at radius 3 is 2.18 bits per heavy atom. The van der Waals surface area contributed by atoms with Crippen molar-refractivity contribution in [2.75, 3.05) is 30.8 Å². The van der Waals surface area contributed by atoms with Crippen LogP contribution >= 0.6 is 11.6 Å². The van der Waals surface area contributed by atoms with Crippen molar-refractivity contribution in [2.45, 2.75) is 39.3 Å². The largest absolute Gasteiger partial charge is 0.497 e. The average molecular weight is 510 g/mol. The number of methoxy groups -OCH3 is 1. The summed E-state index contributed by atoms with van der Waals surface area (Å²) >= 11 is 5.99. The lowest BCUT2D eigenvalue weighted by atomic mass is 10.1. The minimum atomic E-state index is -3.78. The number of benzene rings is 2. The molecule has 8 nitrogen and oxygen atoms in total. The lowest BCUT2D eigenvalue weighted by Gasteiger charge is -2.33. The molecule has 2 amide bonds. The molecule has 1 unspecified atom stereocenters. The van der Waals surface area contributed by atoms with Gasteiger partial charge in [0.2, 0.25) is 21.8 Å². The fraction of sp³-hybridized carbons (Fsp3) is 0.417. The topological polar surface area (TPSA) is 96.0 Å². The molecule has 1 atom stereocenters. The normalized spacial score (nSPS) is 12.0.